The molecule has 2 rings (SSSR count). The third kappa shape index (κ3) is 5.55. The van der Waals surface area contributed by atoms with Gasteiger partial charge in [0.15, 0.2) is 11.5 Å². The van der Waals surface area contributed by atoms with Crippen LogP contribution in [0.5, 0.6) is 11.5 Å². The van der Waals surface area contributed by atoms with Crippen LogP contribution < -0.4 is 5.32 Å². The molecule has 0 amide bonds. The highest BCUT2D eigenvalue weighted by Crippen LogP contribution is 2.32. The van der Waals surface area contributed by atoms with Gasteiger partial charge in [0.25, 0.3) is 0 Å². The molecular weight excluding hydrogens is 311 g/mol. The van der Waals surface area contributed by atoms with Crippen molar-refractivity contribution in [2.24, 2.45) is 0 Å². The number of phenolic OH excluding ortho intramolecular Hbond substituents is 2. The van der Waals surface area contributed by atoms with Gasteiger partial charge in [0.2, 0.25) is 0 Å². The number of benzene rings is 1. The number of unbranched alkanes of at least 4 members (excludes halogenated alkanes) is 1. The number of nitrogens with one attached hydrogen (secondary N) is 1. The minimum Gasteiger partial charge on any atom is -0.504 e. The number of nitrogens with zero attached hydrogens (tertiary/aromatic N) is 1. The van der Waals surface area contributed by atoms with Crippen LogP contribution in [0, 0.1) is 0 Å². The van der Waals surface area contributed by atoms with Crippen LogP contribution in [0.2, 0.25) is 0 Å². The fourth-order valence-corrected chi connectivity index (χ4v) is 2.70. The molecule has 1 aliphatic rings. The fraction of sp³-hybridized carbons (Fsp3) is 0.600. The van der Waals surface area contributed by atoms with Crippen molar-refractivity contribution >= 4 is 24.8 Å². The lowest BCUT2D eigenvalue weighted by Gasteiger charge is -2.35. The zero-order valence-corrected chi connectivity index (χ0v) is 14.1. The molecule has 1 aromatic carbocycles. The summed E-state index contributed by atoms with van der Waals surface area (Å²) in [6, 6.07) is 5.56. The fourth-order valence-electron chi connectivity index (χ4n) is 2.70. The van der Waals surface area contributed by atoms with Crippen molar-refractivity contribution in [1.82, 2.24) is 10.2 Å². The number of hydrogen-bond donors (Lipinski definition) is 3. The van der Waals surface area contributed by atoms with Crippen LogP contribution in [0.15, 0.2) is 18.2 Å². The van der Waals surface area contributed by atoms with Gasteiger partial charge < -0.3 is 15.5 Å². The van der Waals surface area contributed by atoms with E-state index in [1.54, 1.807) is 12.1 Å². The lowest BCUT2D eigenvalue weighted by atomic mass is 9.98. The number of halogens is 2. The smallest absolute Gasteiger partial charge is 0.157 e. The van der Waals surface area contributed by atoms with Gasteiger partial charge in [-0.15, -0.1) is 24.8 Å². The van der Waals surface area contributed by atoms with Crippen molar-refractivity contribution in [1.29, 1.82) is 0 Å². The zero-order valence-electron chi connectivity index (χ0n) is 12.4. The Morgan fingerprint density at radius 1 is 1.14 bits per heavy atom. The standard InChI is InChI=1S/C15H24N2O2.2ClH/c1-2-3-4-13(17-9-7-16-8-10-17)12-5-6-14(18)15(19)11-12;;/h5-6,11,13,16,18-19H,2-4,7-10H2,1H3;2*1H/t13-;;/m1../s1. The maximum Gasteiger partial charge on any atom is 0.157 e. The highest BCUT2D eigenvalue weighted by Gasteiger charge is 2.22. The predicted molar refractivity (Wildman–Crippen MR) is 91.0 cm³/mol. The second-order valence-electron chi connectivity index (χ2n) is 5.19. The van der Waals surface area contributed by atoms with Crippen molar-refractivity contribution in [3.63, 3.8) is 0 Å². The van der Waals surface area contributed by atoms with E-state index in [0.717, 1.165) is 38.2 Å². The first-order valence-corrected chi connectivity index (χ1v) is 7.19. The second kappa shape index (κ2) is 10.1. The van der Waals surface area contributed by atoms with Crippen LogP contribution in [0.25, 0.3) is 0 Å². The maximum absolute atomic E-state index is 9.69. The summed E-state index contributed by atoms with van der Waals surface area (Å²) in [7, 11) is 0. The average molecular weight is 337 g/mol. The quantitative estimate of drug-likeness (QED) is 0.723. The van der Waals surface area contributed by atoms with Crippen LogP contribution in [0.4, 0.5) is 0 Å². The number of phenols is 2. The molecule has 0 spiro atoms. The summed E-state index contributed by atoms with van der Waals surface area (Å²) < 4.78 is 0. The van der Waals surface area contributed by atoms with Gasteiger partial charge in [-0.1, -0.05) is 25.8 Å². The van der Waals surface area contributed by atoms with Crippen LogP contribution in [0.3, 0.4) is 0 Å². The summed E-state index contributed by atoms with van der Waals surface area (Å²) in [5.74, 6) is -0.0626. The monoisotopic (exact) mass is 336 g/mol. The van der Waals surface area contributed by atoms with Gasteiger partial charge in [-0.3, -0.25) is 4.90 Å². The minimum atomic E-state index is -0.0432. The van der Waals surface area contributed by atoms with Crippen molar-refractivity contribution in [2.45, 2.75) is 32.2 Å². The minimum absolute atomic E-state index is 0. The topological polar surface area (TPSA) is 55.7 Å². The largest absolute Gasteiger partial charge is 0.504 e. The molecule has 1 aromatic rings. The molecule has 0 unspecified atom stereocenters. The Balaban J connectivity index is 0.00000200. The van der Waals surface area contributed by atoms with Gasteiger partial charge in [-0.05, 0) is 24.1 Å². The molecule has 21 heavy (non-hydrogen) atoms. The van der Waals surface area contributed by atoms with E-state index >= 15 is 0 Å². The Morgan fingerprint density at radius 3 is 2.38 bits per heavy atom. The summed E-state index contributed by atoms with van der Waals surface area (Å²) in [6.45, 7) is 6.31. The van der Waals surface area contributed by atoms with Crippen LogP contribution in [-0.4, -0.2) is 41.3 Å². The molecule has 0 saturated carbocycles. The first-order valence-electron chi connectivity index (χ1n) is 7.19. The van der Waals surface area contributed by atoms with E-state index in [9.17, 15) is 10.2 Å². The summed E-state index contributed by atoms with van der Waals surface area (Å²) in [5, 5.41) is 22.5. The normalized spacial score (nSPS) is 16.6. The van der Waals surface area contributed by atoms with Gasteiger partial charge >= 0.3 is 0 Å². The van der Waals surface area contributed by atoms with Gasteiger partial charge in [-0.2, -0.15) is 0 Å². The molecule has 0 aromatic heterocycles. The summed E-state index contributed by atoms with van der Waals surface area (Å²) in [5.41, 5.74) is 1.10. The lowest BCUT2D eigenvalue weighted by Crippen LogP contribution is -2.45. The molecule has 6 heteroatoms. The Morgan fingerprint density at radius 2 is 1.81 bits per heavy atom. The van der Waals surface area contributed by atoms with Gasteiger partial charge in [-0.25, -0.2) is 0 Å². The van der Waals surface area contributed by atoms with Crippen LogP contribution >= 0.6 is 24.8 Å². The van der Waals surface area contributed by atoms with Crippen molar-refractivity contribution < 1.29 is 10.2 Å². The maximum atomic E-state index is 9.69. The molecule has 0 aliphatic carbocycles. The third-order valence-corrected chi connectivity index (χ3v) is 3.81. The Bertz CT molecular complexity index is 413. The van der Waals surface area contributed by atoms with Gasteiger partial charge in [0, 0.05) is 32.2 Å². The molecule has 0 bridgehead atoms. The lowest BCUT2D eigenvalue weighted by molar-refractivity contribution is 0.163. The average Bonchev–Trinajstić information content (AvgIpc) is 2.44. The Kier molecular flexibility index (Phi) is 9.79. The molecule has 3 N–H and O–H groups in total. The van der Waals surface area contributed by atoms with E-state index < -0.39 is 0 Å². The number of rotatable bonds is 5. The molecule has 0 radical (unpaired) electrons. The Hall–Kier alpha value is -0.680. The van der Waals surface area contributed by atoms with Crippen molar-refractivity contribution in [3.8, 4) is 11.5 Å². The molecule has 1 aliphatic heterocycles. The molecular formula is C15H26Cl2N2O2. The van der Waals surface area contributed by atoms with E-state index in [2.05, 4.69) is 17.1 Å². The molecule has 122 valence electrons. The Labute approximate surface area is 139 Å². The summed E-state index contributed by atoms with van der Waals surface area (Å²) >= 11 is 0. The molecule has 1 atom stereocenters. The SMILES string of the molecule is CCCC[C@H](c1ccc(O)c(O)c1)N1CCNCC1.Cl.Cl. The highest BCUT2D eigenvalue weighted by atomic mass is 35.5. The molecule has 4 nitrogen and oxygen atoms in total. The molecule has 1 saturated heterocycles. The van der Waals surface area contributed by atoms with E-state index in [-0.39, 0.29) is 36.3 Å². The van der Waals surface area contributed by atoms with E-state index in [4.69, 9.17) is 0 Å². The highest BCUT2D eigenvalue weighted by molar-refractivity contribution is 5.85. The number of aromatic hydroxyl groups is 2. The number of piperazine rings is 1. The summed E-state index contributed by atoms with van der Waals surface area (Å²) in [6.07, 6.45) is 3.45. The summed E-state index contributed by atoms with van der Waals surface area (Å²) in [4.78, 5) is 2.47. The van der Waals surface area contributed by atoms with Crippen LogP contribution in [-0.2, 0) is 0 Å². The predicted octanol–water partition coefficient (Wildman–Crippen LogP) is 3.08. The first kappa shape index (κ1) is 20.3. The zero-order chi connectivity index (χ0) is 13.7. The van der Waals surface area contributed by atoms with Crippen LogP contribution in [0.1, 0.15) is 37.8 Å². The van der Waals surface area contributed by atoms with E-state index in [1.807, 2.05) is 6.07 Å². The molecule has 1 fully saturated rings. The van der Waals surface area contributed by atoms with Gasteiger partial charge in [0.05, 0.1) is 0 Å². The first-order chi connectivity index (χ1) is 9.22. The van der Waals surface area contributed by atoms with Gasteiger partial charge in [0.1, 0.15) is 0 Å². The third-order valence-electron chi connectivity index (χ3n) is 3.81. The molecule has 1 heterocycles. The van der Waals surface area contributed by atoms with Crippen molar-refractivity contribution in [3.05, 3.63) is 23.8 Å². The van der Waals surface area contributed by atoms with E-state index in [0.29, 0.717) is 6.04 Å². The van der Waals surface area contributed by atoms with Crippen molar-refractivity contribution in [2.75, 3.05) is 26.2 Å². The second-order valence-corrected chi connectivity index (χ2v) is 5.19. The van der Waals surface area contributed by atoms with E-state index in [1.165, 1.54) is 12.8 Å². The number of hydrogen-bond acceptors (Lipinski definition) is 4.